The number of carbonyl (C=O) groups is 3. The number of rotatable bonds is 6. The van der Waals surface area contributed by atoms with Crippen molar-refractivity contribution in [2.45, 2.75) is 44.4 Å². The molecular weight excluding hydrogens is 334 g/mol. The number of allylic oxidation sites excluding steroid dienone is 1. The summed E-state index contributed by atoms with van der Waals surface area (Å²) in [4.78, 5) is 36.1. The number of primary amides is 1. The maximum absolute atomic E-state index is 12.2. The normalized spacial score (nSPS) is 25.0. The molecule has 1 aromatic rings. The van der Waals surface area contributed by atoms with Gasteiger partial charge in [0.2, 0.25) is 11.8 Å². The summed E-state index contributed by atoms with van der Waals surface area (Å²) < 4.78 is 5.23. The number of carbonyl (C=O) groups excluding carboxylic acids is 3. The Morgan fingerprint density at radius 3 is 2.58 bits per heavy atom. The topological polar surface area (TPSA) is 111 Å². The summed E-state index contributed by atoms with van der Waals surface area (Å²) in [6, 6.07) is 8.60. The van der Waals surface area contributed by atoms with Gasteiger partial charge in [0.15, 0.2) is 0 Å². The number of hydrogen-bond acceptors (Lipinski definition) is 4. The Labute approximate surface area is 153 Å². The van der Waals surface area contributed by atoms with Crippen molar-refractivity contribution in [2.24, 2.45) is 11.7 Å². The highest BCUT2D eigenvalue weighted by atomic mass is 16.5. The fourth-order valence-electron chi connectivity index (χ4n) is 3.37. The van der Waals surface area contributed by atoms with Gasteiger partial charge in [-0.05, 0) is 30.7 Å². The first-order chi connectivity index (χ1) is 12.4. The smallest absolute Gasteiger partial charge is 0.407 e. The predicted molar refractivity (Wildman–Crippen MR) is 96.8 cm³/mol. The maximum atomic E-state index is 12.2. The average molecular weight is 359 g/mol. The quantitative estimate of drug-likeness (QED) is 0.670. The Morgan fingerprint density at radius 1 is 1.31 bits per heavy atom. The summed E-state index contributed by atoms with van der Waals surface area (Å²) in [7, 11) is 0. The lowest BCUT2D eigenvalue weighted by Crippen LogP contribution is -2.70. The van der Waals surface area contributed by atoms with Gasteiger partial charge in [0.25, 0.3) is 0 Å². The van der Waals surface area contributed by atoms with Gasteiger partial charge < -0.3 is 21.1 Å². The average Bonchev–Trinajstić information content (AvgIpc) is 2.61. The van der Waals surface area contributed by atoms with Crippen molar-refractivity contribution in [1.82, 2.24) is 10.6 Å². The highest BCUT2D eigenvalue weighted by molar-refractivity contribution is 5.91. The molecule has 26 heavy (non-hydrogen) atoms. The number of nitrogens with one attached hydrogen (secondary N) is 2. The number of ether oxygens (including phenoxy) is 1. The molecule has 0 saturated heterocycles. The van der Waals surface area contributed by atoms with Gasteiger partial charge in [-0.2, -0.15) is 0 Å². The SMILES string of the molecule is C=CC1CCC(NC(=O)OCc2ccccc2)C(NC(C)=O)(C(N)=O)C1. The van der Waals surface area contributed by atoms with E-state index in [2.05, 4.69) is 17.2 Å². The van der Waals surface area contributed by atoms with Crippen molar-refractivity contribution < 1.29 is 19.1 Å². The van der Waals surface area contributed by atoms with Gasteiger partial charge in [0, 0.05) is 6.92 Å². The summed E-state index contributed by atoms with van der Waals surface area (Å²) in [6.07, 6.45) is 2.56. The van der Waals surface area contributed by atoms with E-state index in [0.29, 0.717) is 6.42 Å². The van der Waals surface area contributed by atoms with Crippen LogP contribution in [0.25, 0.3) is 0 Å². The molecule has 0 bridgehead atoms. The highest BCUT2D eigenvalue weighted by Gasteiger charge is 2.49. The minimum atomic E-state index is -1.37. The van der Waals surface area contributed by atoms with Gasteiger partial charge in [-0.15, -0.1) is 6.58 Å². The van der Waals surface area contributed by atoms with E-state index in [0.717, 1.165) is 12.0 Å². The molecule has 0 aliphatic heterocycles. The molecule has 0 radical (unpaired) electrons. The molecular formula is C19H25N3O4. The van der Waals surface area contributed by atoms with Crippen molar-refractivity contribution >= 4 is 17.9 Å². The first kappa shape index (κ1) is 19.5. The van der Waals surface area contributed by atoms with Crippen LogP contribution in [-0.2, 0) is 20.9 Å². The second-order valence-electron chi connectivity index (χ2n) is 6.55. The van der Waals surface area contributed by atoms with Crippen LogP contribution in [0.2, 0.25) is 0 Å². The third-order valence-corrected chi connectivity index (χ3v) is 4.68. The van der Waals surface area contributed by atoms with Crippen LogP contribution in [-0.4, -0.2) is 29.5 Å². The van der Waals surface area contributed by atoms with Gasteiger partial charge >= 0.3 is 6.09 Å². The van der Waals surface area contributed by atoms with E-state index in [1.54, 1.807) is 6.08 Å². The monoisotopic (exact) mass is 359 g/mol. The van der Waals surface area contributed by atoms with Crippen LogP contribution in [0.15, 0.2) is 43.0 Å². The molecule has 1 fully saturated rings. The lowest BCUT2D eigenvalue weighted by molar-refractivity contribution is -0.133. The molecule has 1 aliphatic carbocycles. The molecule has 7 nitrogen and oxygen atoms in total. The maximum Gasteiger partial charge on any atom is 0.407 e. The molecule has 4 N–H and O–H groups in total. The third-order valence-electron chi connectivity index (χ3n) is 4.68. The van der Waals surface area contributed by atoms with E-state index < -0.39 is 29.5 Å². The summed E-state index contributed by atoms with van der Waals surface area (Å²) >= 11 is 0. The fraction of sp³-hybridized carbons (Fsp3) is 0.421. The van der Waals surface area contributed by atoms with Gasteiger partial charge in [-0.25, -0.2) is 4.79 Å². The number of nitrogens with two attached hydrogens (primary N) is 1. The Morgan fingerprint density at radius 2 is 2.00 bits per heavy atom. The van der Waals surface area contributed by atoms with Gasteiger partial charge in [-0.3, -0.25) is 9.59 Å². The molecule has 3 amide bonds. The molecule has 140 valence electrons. The van der Waals surface area contributed by atoms with Crippen LogP contribution >= 0.6 is 0 Å². The van der Waals surface area contributed by atoms with Gasteiger partial charge in [-0.1, -0.05) is 36.4 Å². The van der Waals surface area contributed by atoms with Crippen LogP contribution in [0, 0.1) is 5.92 Å². The minimum absolute atomic E-state index is 0.0211. The zero-order valence-electron chi connectivity index (χ0n) is 14.9. The lowest BCUT2D eigenvalue weighted by atomic mass is 9.71. The lowest BCUT2D eigenvalue weighted by Gasteiger charge is -2.44. The standard InChI is InChI=1S/C19H25N3O4/c1-3-14-9-10-16(19(11-14,17(20)24)22-13(2)23)21-18(25)26-12-15-7-5-4-6-8-15/h3-8,14,16H,1,9-12H2,2H3,(H2,20,24)(H,21,25)(H,22,23). The van der Waals surface area contributed by atoms with Crippen LogP contribution in [0.1, 0.15) is 31.7 Å². The van der Waals surface area contributed by atoms with Crippen molar-refractivity contribution in [3.05, 3.63) is 48.6 Å². The Bertz CT molecular complexity index is 677. The summed E-state index contributed by atoms with van der Waals surface area (Å²) in [5.74, 6) is -1.06. The summed E-state index contributed by atoms with van der Waals surface area (Å²) in [5.41, 5.74) is 5.10. The van der Waals surface area contributed by atoms with Crippen molar-refractivity contribution in [2.75, 3.05) is 0 Å². The summed E-state index contributed by atoms with van der Waals surface area (Å²) in [6.45, 7) is 5.18. The Balaban J connectivity index is 2.10. The zero-order chi connectivity index (χ0) is 19.2. The minimum Gasteiger partial charge on any atom is -0.445 e. The van der Waals surface area contributed by atoms with Crippen molar-refractivity contribution in [3.63, 3.8) is 0 Å². The van der Waals surface area contributed by atoms with E-state index >= 15 is 0 Å². The van der Waals surface area contributed by atoms with Crippen molar-refractivity contribution in [1.29, 1.82) is 0 Å². The fourth-order valence-corrected chi connectivity index (χ4v) is 3.37. The molecule has 1 aliphatic rings. The van der Waals surface area contributed by atoms with Crippen LogP contribution in [0.5, 0.6) is 0 Å². The third kappa shape index (κ3) is 4.62. The van der Waals surface area contributed by atoms with E-state index in [4.69, 9.17) is 10.5 Å². The molecule has 7 heteroatoms. The Hall–Kier alpha value is -2.83. The largest absolute Gasteiger partial charge is 0.445 e. The number of hydrogen-bond donors (Lipinski definition) is 3. The molecule has 1 aromatic carbocycles. The van der Waals surface area contributed by atoms with E-state index in [9.17, 15) is 14.4 Å². The van der Waals surface area contributed by atoms with E-state index in [-0.39, 0.29) is 18.9 Å². The number of benzene rings is 1. The molecule has 3 atom stereocenters. The Kier molecular flexibility index (Phi) is 6.38. The molecule has 3 unspecified atom stereocenters. The first-order valence-corrected chi connectivity index (χ1v) is 8.56. The van der Waals surface area contributed by atoms with Gasteiger partial charge in [0.05, 0.1) is 6.04 Å². The molecule has 0 spiro atoms. The zero-order valence-corrected chi connectivity index (χ0v) is 14.9. The predicted octanol–water partition coefficient (Wildman–Crippen LogP) is 1.63. The van der Waals surface area contributed by atoms with Crippen LogP contribution in [0.3, 0.4) is 0 Å². The van der Waals surface area contributed by atoms with E-state index in [1.165, 1.54) is 6.92 Å². The molecule has 0 heterocycles. The van der Waals surface area contributed by atoms with Crippen LogP contribution < -0.4 is 16.4 Å². The number of alkyl carbamates (subject to hydrolysis) is 1. The first-order valence-electron chi connectivity index (χ1n) is 8.56. The summed E-state index contributed by atoms with van der Waals surface area (Å²) in [5, 5.41) is 5.36. The number of amides is 3. The second-order valence-corrected chi connectivity index (χ2v) is 6.55. The van der Waals surface area contributed by atoms with Gasteiger partial charge in [0.1, 0.15) is 12.1 Å². The molecule has 2 rings (SSSR count). The second kappa shape index (κ2) is 8.51. The highest BCUT2D eigenvalue weighted by Crippen LogP contribution is 2.33. The van der Waals surface area contributed by atoms with Crippen molar-refractivity contribution in [3.8, 4) is 0 Å². The molecule has 1 saturated carbocycles. The van der Waals surface area contributed by atoms with Crippen LogP contribution in [0.4, 0.5) is 4.79 Å². The molecule has 0 aromatic heterocycles. The van der Waals surface area contributed by atoms with E-state index in [1.807, 2.05) is 30.3 Å².